The normalized spacial score (nSPS) is 24.7. The predicted octanol–water partition coefficient (Wildman–Crippen LogP) is 0.379. The van der Waals surface area contributed by atoms with Crippen LogP contribution >= 0.6 is 0 Å². The first kappa shape index (κ1) is 24.4. The highest BCUT2D eigenvalue weighted by molar-refractivity contribution is 6.05. The van der Waals surface area contributed by atoms with Gasteiger partial charge in [-0.1, -0.05) is 0 Å². The molecule has 178 valence electrons. The Bertz CT molecular complexity index is 1010. The third kappa shape index (κ3) is 4.89. The zero-order chi connectivity index (χ0) is 24.3. The molecule has 0 spiro atoms. The number of hydrogen-bond acceptors (Lipinski definition) is 10. The number of methoxy groups -OCH3 is 2. The lowest BCUT2D eigenvalue weighted by Gasteiger charge is -2.40. The van der Waals surface area contributed by atoms with Gasteiger partial charge in [-0.3, -0.25) is 14.9 Å². The molecule has 1 aliphatic rings. The molecular formula is C21H24N2O10. The molecule has 12 heteroatoms. The summed E-state index contributed by atoms with van der Waals surface area (Å²) in [6.07, 6.45) is -6.94. The van der Waals surface area contributed by atoms with Crippen molar-refractivity contribution in [2.45, 2.75) is 30.5 Å². The van der Waals surface area contributed by atoms with Gasteiger partial charge < -0.3 is 40.0 Å². The van der Waals surface area contributed by atoms with E-state index in [1.807, 2.05) is 0 Å². The quantitative estimate of drug-likeness (QED) is 0.284. The number of nitro groups is 1. The number of rotatable bonds is 7. The minimum atomic E-state index is -1.59. The van der Waals surface area contributed by atoms with Crippen molar-refractivity contribution in [1.82, 2.24) is 0 Å². The topological polar surface area (TPSA) is 181 Å². The Balaban J connectivity index is 1.92. The fraction of sp³-hybridized carbons (Fsp3) is 0.381. The van der Waals surface area contributed by atoms with E-state index in [2.05, 4.69) is 5.32 Å². The number of carbonyl (C=O) groups excluding carboxylic acids is 1. The van der Waals surface area contributed by atoms with E-state index in [0.29, 0.717) is 0 Å². The van der Waals surface area contributed by atoms with E-state index in [-0.39, 0.29) is 34.0 Å². The van der Waals surface area contributed by atoms with Gasteiger partial charge in [0.1, 0.15) is 42.0 Å². The number of anilines is 1. The maximum atomic E-state index is 12.6. The van der Waals surface area contributed by atoms with Crippen LogP contribution < -0.4 is 14.8 Å². The lowest BCUT2D eigenvalue weighted by molar-refractivity contribution is -0.384. The Kier molecular flexibility index (Phi) is 7.46. The van der Waals surface area contributed by atoms with Crippen LogP contribution in [0.1, 0.15) is 22.0 Å². The second kappa shape index (κ2) is 10.1. The number of aliphatic hydroxyl groups is 4. The zero-order valence-corrected chi connectivity index (χ0v) is 17.7. The first-order valence-electron chi connectivity index (χ1n) is 9.84. The van der Waals surface area contributed by atoms with Crippen molar-refractivity contribution in [3.05, 3.63) is 57.6 Å². The van der Waals surface area contributed by atoms with Crippen molar-refractivity contribution in [2.24, 2.45) is 0 Å². The van der Waals surface area contributed by atoms with Gasteiger partial charge >= 0.3 is 0 Å². The van der Waals surface area contributed by atoms with Gasteiger partial charge in [-0.2, -0.15) is 0 Å². The molecule has 1 fully saturated rings. The van der Waals surface area contributed by atoms with Gasteiger partial charge in [0, 0.05) is 29.3 Å². The highest BCUT2D eigenvalue weighted by Crippen LogP contribution is 2.42. The standard InChI is InChI=1S/C21H24N2O10/c1-31-14-8-13(22-21(28)10-3-5-11(6-4-10)23(29)30)15(32-2)7-12(14)20-19(27)18(26)17(25)16(9-24)33-20/h3-8,16-20,24-27H,9H2,1-2H3,(H,22,28)/t16-,17-,18+,19-,20+/m1/s1. The SMILES string of the molecule is COc1cc([C@@H]2O[C@H](CO)[C@@H](O)[C@H](O)[C@H]2O)c(OC)cc1NC(=O)c1ccc([N+](=O)[O-])cc1. The molecule has 0 unspecified atom stereocenters. The predicted molar refractivity (Wildman–Crippen MR) is 113 cm³/mol. The van der Waals surface area contributed by atoms with E-state index in [4.69, 9.17) is 14.2 Å². The molecule has 0 bridgehead atoms. The van der Waals surface area contributed by atoms with Gasteiger partial charge in [0.15, 0.2) is 0 Å². The Morgan fingerprint density at radius 3 is 2.24 bits per heavy atom. The van der Waals surface area contributed by atoms with Gasteiger partial charge in [0.25, 0.3) is 11.6 Å². The van der Waals surface area contributed by atoms with Crippen LogP contribution in [0.3, 0.4) is 0 Å². The minimum Gasteiger partial charge on any atom is -0.496 e. The van der Waals surface area contributed by atoms with Crippen LogP contribution in [0.4, 0.5) is 11.4 Å². The number of amides is 1. The zero-order valence-electron chi connectivity index (χ0n) is 17.7. The molecule has 3 rings (SSSR count). The van der Waals surface area contributed by atoms with Crippen molar-refractivity contribution in [2.75, 3.05) is 26.1 Å². The van der Waals surface area contributed by atoms with Gasteiger partial charge in [0.2, 0.25) is 0 Å². The van der Waals surface area contributed by atoms with Gasteiger partial charge in [-0.25, -0.2) is 0 Å². The Morgan fingerprint density at radius 2 is 1.70 bits per heavy atom. The largest absolute Gasteiger partial charge is 0.496 e. The molecule has 2 aromatic carbocycles. The number of aliphatic hydroxyl groups excluding tert-OH is 4. The number of nitrogens with one attached hydrogen (secondary N) is 1. The minimum absolute atomic E-state index is 0.158. The second-order valence-electron chi connectivity index (χ2n) is 7.30. The summed E-state index contributed by atoms with van der Waals surface area (Å²) in [4.78, 5) is 22.8. The molecule has 2 aromatic rings. The van der Waals surface area contributed by atoms with E-state index in [0.717, 1.165) is 0 Å². The van der Waals surface area contributed by atoms with Gasteiger partial charge in [0.05, 0.1) is 31.4 Å². The Labute approximate surface area is 188 Å². The fourth-order valence-electron chi connectivity index (χ4n) is 3.53. The Hall–Kier alpha value is -3.29. The summed E-state index contributed by atoms with van der Waals surface area (Å²) in [6.45, 7) is -0.593. The molecule has 0 aliphatic carbocycles. The number of ether oxygens (including phenoxy) is 3. The van der Waals surface area contributed by atoms with E-state index in [9.17, 15) is 35.3 Å². The third-order valence-electron chi connectivity index (χ3n) is 5.34. The summed E-state index contributed by atoms with van der Waals surface area (Å²) in [7, 11) is 2.69. The molecule has 0 aromatic heterocycles. The molecular weight excluding hydrogens is 440 g/mol. The van der Waals surface area contributed by atoms with Gasteiger partial charge in [-0.05, 0) is 18.2 Å². The molecule has 12 nitrogen and oxygen atoms in total. The van der Waals surface area contributed by atoms with Crippen molar-refractivity contribution in [3.8, 4) is 11.5 Å². The lowest BCUT2D eigenvalue weighted by Crippen LogP contribution is -2.55. The summed E-state index contributed by atoms with van der Waals surface area (Å²) < 4.78 is 16.3. The average Bonchev–Trinajstić information content (AvgIpc) is 2.82. The molecule has 1 aliphatic heterocycles. The van der Waals surface area contributed by atoms with E-state index in [1.54, 1.807) is 0 Å². The summed E-state index contributed by atoms with van der Waals surface area (Å²) >= 11 is 0. The fourth-order valence-corrected chi connectivity index (χ4v) is 3.53. The number of carbonyl (C=O) groups is 1. The smallest absolute Gasteiger partial charge is 0.269 e. The number of hydrogen-bond donors (Lipinski definition) is 5. The average molecular weight is 464 g/mol. The number of nitro benzene ring substituents is 1. The first-order chi connectivity index (χ1) is 15.7. The summed E-state index contributed by atoms with van der Waals surface area (Å²) in [5.41, 5.74) is 0.458. The number of non-ortho nitro benzene ring substituents is 1. The molecule has 1 saturated heterocycles. The van der Waals surface area contributed by atoms with Crippen LogP contribution in [-0.2, 0) is 4.74 Å². The highest BCUT2D eigenvalue weighted by atomic mass is 16.6. The van der Waals surface area contributed by atoms with Crippen LogP contribution in [0.5, 0.6) is 11.5 Å². The monoisotopic (exact) mass is 464 g/mol. The maximum absolute atomic E-state index is 12.6. The lowest BCUT2D eigenvalue weighted by atomic mass is 9.90. The number of nitrogens with zero attached hydrogens (tertiary/aromatic N) is 1. The van der Waals surface area contributed by atoms with Crippen molar-refractivity contribution in [1.29, 1.82) is 0 Å². The van der Waals surface area contributed by atoms with E-state index >= 15 is 0 Å². The van der Waals surface area contributed by atoms with Crippen LogP contribution in [0, 0.1) is 10.1 Å². The van der Waals surface area contributed by atoms with E-state index < -0.39 is 48.0 Å². The first-order valence-corrected chi connectivity index (χ1v) is 9.84. The summed E-state index contributed by atoms with van der Waals surface area (Å²) in [5.74, 6) is -0.233. The summed E-state index contributed by atoms with van der Waals surface area (Å²) in [6, 6.07) is 7.86. The molecule has 33 heavy (non-hydrogen) atoms. The van der Waals surface area contributed by atoms with Crippen molar-refractivity contribution >= 4 is 17.3 Å². The molecule has 1 amide bonds. The van der Waals surface area contributed by atoms with Crippen molar-refractivity contribution in [3.63, 3.8) is 0 Å². The molecule has 0 saturated carbocycles. The second-order valence-corrected chi connectivity index (χ2v) is 7.30. The van der Waals surface area contributed by atoms with Gasteiger partial charge in [-0.15, -0.1) is 0 Å². The van der Waals surface area contributed by atoms with Crippen LogP contribution in [0.15, 0.2) is 36.4 Å². The van der Waals surface area contributed by atoms with Crippen LogP contribution in [0.2, 0.25) is 0 Å². The van der Waals surface area contributed by atoms with Crippen LogP contribution in [0.25, 0.3) is 0 Å². The molecule has 1 heterocycles. The molecule has 5 atom stereocenters. The maximum Gasteiger partial charge on any atom is 0.269 e. The Morgan fingerprint density at radius 1 is 1.06 bits per heavy atom. The van der Waals surface area contributed by atoms with Crippen LogP contribution in [-0.4, -0.2) is 76.5 Å². The summed E-state index contributed by atoms with van der Waals surface area (Å²) in [5, 5.41) is 53.4. The van der Waals surface area contributed by atoms with Crippen molar-refractivity contribution < 1.29 is 44.4 Å². The highest BCUT2D eigenvalue weighted by Gasteiger charge is 2.45. The van der Waals surface area contributed by atoms with E-state index in [1.165, 1.54) is 50.6 Å². The molecule has 5 N–H and O–H groups in total. The third-order valence-corrected chi connectivity index (χ3v) is 5.34. The number of benzene rings is 2. The molecule has 0 radical (unpaired) electrons.